The number of hydrogen-bond donors (Lipinski definition) is 1. The summed E-state index contributed by atoms with van der Waals surface area (Å²) in [5, 5.41) is 11.2. The predicted octanol–water partition coefficient (Wildman–Crippen LogP) is 4.34. The summed E-state index contributed by atoms with van der Waals surface area (Å²) < 4.78 is 0. The number of nitrogens with zero attached hydrogens (tertiary/aromatic N) is 1. The van der Waals surface area contributed by atoms with Gasteiger partial charge in [0.15, 0.2) is 0 Å². The second-order valence-electron chi connectivity index (χ2n) is 6.53. The Hall–Kier alpha value is -0.480. The first-order valence-electron chi connectivity index (χ1n) is 8.07. The topological polar surface area (TPSA) is 40.5 Å². The SMILES string of the molecule is O=C1C(Cc2c(Cl)cc(Cl)cc2Cl)CCN1[C@H]1CC[C@@H](O)CC1. The van der Waals surface area contributed by atoms with Gasteiger partial charge in [0.2, 0.25) is 5.91 Å². The van der Waals surface area contributed by atoms with Crippen molar-refractivity contribution in [1.29, 1.82) is 0 Å². The van der Waals surface area contributed by atoms with Crippen LogP contribution in [0.25, 0.3) is 0 Å². The van der Waals surface area contributed by atoms with Gasteiger partial charge in [0.25, 0.3) is 0 Å². The lowest BCUT2D eigenvalue weighted by molar-refractivity contribution is -0.133. The van der Waals surface area contributed by atoms with Gasteiger partial charge in [-0.25, -0.2) is 0 Å². The molecule has 0 radical (unpaired) electrons. The average Bonchev–Trinajstić information content (AvgIpc) is 2.85. The first-order valence-corrected chi connectivity index (χ1v) is 9.21. The second kappa shape index (κ2) is 7.18. The zero-order valence-corrected chi connectivity index (χ0v) is 15.0. The monoisotopic (exact) mass is 375 g/mol. The molecule has 1 aliphatic carbocycles. The molecule has 2 fully saturated rings. The second-order valence-corrected chi connectivity index (χ2v) is 7.78. The van der Waals surface area contributed by atoms with Gasteiger partial charge in [-0.1, -0.05) is 34.8 Å². The third-order valence-corrected chi connectivity index (χ3v) is 5.91. The van der Waals surface area contributed by atoms with E-state index in [1.54, 1.807) is 12.1 Å². The smallest absolute Gasteiger partial charge is 0.226 e. The van der Waals surface area contributed by atoms with E-state index in [0.717, 1.165) is 44.2 Å². The van der Waals surface area contributed by atoms with E-state index in [9.17, 15) is 9.90 Å². The maximum atomic E-state index is 12.7. The Bertz CT molecular complexity index is 576. The van der Waals surface area contributed by atoms with Crippen LogP contribution in [0.15, 0.2) is 12.1 Å². The lowest BCUT2D eigenvalue weighted by Gasteiger charge is -2.33. The summed E-state index contributed by atoms with van der Waals surface area (Å²) in [6, 6.07) is 3.61. The van der Waals surface area contributed by atoms with Crippen molar-refractivity contribution >= 4 is 40.7 Å². The quantitative estimate of drug-likeness (QED) is 0.852. The molecule has 1 aliphatic heterocycles. The Morgan fingerprint density at radius 1 is 1.04 bits per heavy atom. The van der Waals surface area contributed by atoms with Crippen LogP contribution >= 0.6 is 34.8 Å². The average molecular weight is 377 g/mol. The predicted molar refractivity (Wildman–Crippen MR) is 93.3 cm³/mol. The molecular weight excluding hydrogens is 357 g/mol. The summed E-state index contributed by atoms with van der Waals surface area (Å²) in [6.07, 6.45) is 4.53. The van der Waals surface area contributed by atoms with Gasteiger partial charge in [0.1, 0.15) is 0 Å². The van der Waals surface area contributed by atoms with Gasteiger partial charge in [-0.2, -0.15) is 0 Å². The van der Waals surface area contributed by atoms with E-state index in [1.165, 1.54) is 0 Å². The summed E-state index contributed by atoms with van der Waals surface area (Å²) in [5.74, 6) is 0.117. The number of aliphatic hydroxyl groups excluding tert-OH is 1. The van der Waals surface area contributed by atoms with Crippen LogP contribution in [0.1, 0.15) is 37.7 Å². The first kappa shape index (κ1) is 17.3. The lowest BCUT2D eigenvalue weighted by atomic mass is 9.92. The van der Waals surface area contributed by atoms with Crippen molar-refractivity contribution < 1.29 is 9.90 Å². The van der Waals surface area contributed by atoms with Crippen molar-refractivity contribution in [2.75, 3.05) is 6.54 Å². The Labute approximate surface area is 151 Å². The molecule has 2 aliphatic rings. The van der Waals surface area contributed by atoms with E-state index in [1.807, 2.05) is 4.90 Å². The van der Waals surface area contributed by atoms with Crippen molar-refractivity contribution in [1.82, 2.24) is 4.90 Å². The van der Waals surface area contributed by atoms with E-state index >= 15 is 0 Å². The minimum atomic E-state index is -0.202. The highest BCUT2D eigenvalue weighted by Gasteiger charge is 2.37. The maximum absolute atomic E-state index is 12.7. The third kappa shape index (κ3) is 3.79. The molecule has 0 bridgehead atoms. The van der Waals surface area contributed by atoms with E-state index in [0.29, 0.717) is 21.5 Å². The van der Waals surface area contributed by atoms with Gasteiger partial charge < -0.3 is 10.0 Å². The number of rotatable bonds is 3. The van der Waals surface area contributed by atoms with Crippen LogP contribution in [0.2, 0.25) is 15.1 Å². The fraction of sp³-hybridized carbons (Fsp3) is 0.588. The fourth-order valence-electron chi connectivity index (χ4n) is 3.70. The molecule has 6 heteroatoms. The largest absolute Gasteiger partial charge is 0.393 e. The molecule has 0 aromatic heterocycles. The Morgan fingerprint density at radius 3 is 2.26 bits per heavy atom. The molecular formula is C17H20Cl3NO2. The van der Waals surface area contributed by atoms with Crippen LogP contribution in [0.5, 0.6) is 0 Å². The maximum Gasteiger partial charge on any atom is 0.226 e. The molecule has 3 nitrogen and oxygen atoms in total. The number of halogens is 3. The van der Waals surface area contributed by atoms with Crippen molar-refractivity contribution in [3.63, 3.8) is 0 Å². The van der Waals surface area contributed by atoms with Crippen molar-refractivity contribution in [2.45, 2.75) is 50.7 Å². The number of amides is 1. The molecule has 1 unspecified atom stereocenters. The van der Waals surface area contributed by atoms with Gasteiger partial charge in [0.05, 0.1) is 6.10 Å². The Balaban J connectivity index is 1.68. The van der Waals surface area contributed by atoms with E-state index in [2.05, 4.69) is 0 Å². The van der Waals surface area contributed by atoms with Gasteiger partial charge in [-0.15, -0.1) is 0 Å². The van der Waals surface area contributed by atoms with Gasteiger partial charge in [-0.3, -0.25) is 4.79 Å². The minimum absolute atomic E-state index is 0.0713. The molecule has 1 saturated carbocycles. The van der Waals surface area contributed by atoms with Gasteiger partial charge in [-0.05, 0) is 56.2 Å². The number of benzene rings is 1. The van der Waals surface area contributed by atoms with Crippen LogP contribution in [0.4, 0.5) is 0 Å². The zero-order chi connectivity index (χ0) is 16.6. The van der Waals surface area contributed by atoms with Crippen molar-refractivity contribution in [3.8, 4) is 0 Å². The number of aliphatic hydroxyl groups is 1. The summed E-state index contributed by atoms with van der Waals surface area (Å²) in [6.45, 7) is 0.785. The molecule has 126 valence electrons. The van der Waals surface area contributed by atoms with Gasteiger partial charge >= 0.3 is 0 Å². The van der Waals surface area contributed by atoms with E-state index in [-0.39, 0.29) is 24.0 Å². The van der Waals surface area contributed by atoms with Crippen LogP contribution in [-0.4, -0.2) is 34.6 Å². The number of hydrogen-bond acceptors (Lipinski definition) is 2. The highest BCUT2D eigenvalue weighted by molar-refractivity contribution is 6.39. The first-order chi connectivity index (χ1) is 11.0. The Kier molecular flexibility index (Phi) is 5.42. The highest BCUT2D eigenvalue weighted by Crippen LogP contribution is 2.35. The number of carbonyl (C=O) groups excluding carboxylic acids is 1. The molecule has 1 aromatic rings. The van der Waals surface area contributed by atoms with Crippen molar-refractivity contribution in [2.24, 2.45) is 5.92 Å². The summed E-state index contributed by atoms with van der Waals surface area (Å²) >= 11 is 18.4. The summed E-state index contributed by atoms with van der Waals surface area (Å²) in [4.78, 5) is 14.7. The van der Waals surface area contributed by atoms with Crippen LogP contribution in [0, 0.1) is 5.92 Å². The molecule has 1 amide bonds. The molecule has 1 heterocycles. The lowest BCUT2D eigenvalue weighted by Crippen LogP contribution is -2.41. The molecule has 23 heavy (non-hydrogen) atoms. The van der Waals surface area contributed by atoms with Crippen molar-refractivity contribution in [3.05, 3.63) is 32.8 Å². The van der Waals surface area contributed by atoms with Crippen LogP contribution in [0.3, 0.4) is 0 Å². The Morgan fingerprint density at radius 2 is 1.65 bits per heavy atom. The molecule has 1 saturated heterocycles. The molecule has 1 aromatic carbocycles. The molecule has 1 atom stereocenters. The molecule has 0 spiro atoms. The van der Waals surface area contributed by atoms with Crippen LogP contribution in [-0.2, 0) is 11.2 Å². The van der Waals surface area contributed by atoms with E-state index in [4.69, 9.17) is 34.8 Å². The third-order valence-electron chi connectivity index (χ3n) is 5.01. The fourth-order valence-corrected chi connectivity index (χ4v) is 4.67. The highest BCUT2D eigenvalue weighted by atomic mass is 35.5. The zero-order valence-electron chi connectivity index (χ0n) is 12.8. The normalized spacial score (nSPS) is 28.4. The van der Waals surface area contributed by atoms with Gasteiger partial charge in [0, 0.05) is 33.6 Å². The number of likely N-dealkylation sites (tertiary alicyclic amines) is 1. The molecule has 1 N–H and O–H groups in total. The molecule has 3 rings (SSSR count). The summed E-state index contributed by atoms with van der Waals surface area (Å²) in [5.41, 5.74) is 0.803. The van der Waals surface area contributed by atoms with Crippen LogP contribution < -0.4 is 0 Å². The summed E-state index contributed by atoms with van der Waals surface area (Å²) in [7, 11) is 0. The number of carbonyl (C=O) groups is 1. The standard InChI is InChI=1S/C17H20Cl3NO2/c18-11-8-15(19)14(16(20)9-11)7-10-5-6-21(17(10)23)12-1-3-13(22)4-2-12/h8-10,12-13,22H,1-7H2/t10?,12-,13+. The van der Waals surface area contributed by atoms with E-state index < -0.39 is 0 Å². The minimum Gasteiger partial charge on any atom is -0.393 e.